The Morgan fingerprint density at radius 3 is 2.58 bits per heavy atom. The van der Waals surface area contributed by atoms with Crippen LogP contribution in [0.3, 0.4) is 0 Å². The number of amides is 1. The lowest BCUT2D eigenvalue weighted by molar-refractivity contribution is -0.115. The Morgan fingerprint density at radius 1 is 1.08 bits per heavy atom. The Hall–Kier alpha value is -3.65. The zero-order chi connectivity index (χ0) is 18.4. The summed E-state index contributed by atoms with van der Waals surface area (Å²) in [5.41, 5.74) is 4.14. The van der Waals surface area contributed by atoms with E-state index in [1.807, 2.05) is 37.3 Å². The van der Waals surface area contributed by atoms with Crippen LogP contribution in [0.1, 0.15) is 16.7 Å². The van der Waals surface area contributed by atoms with Crippen LogP contribution in [0.5, 0.6) is 0 Å². The molecule has 1 amide bonds. The fourth-order valence-electron chi connectivity index (χ4n) is 2.45. The highest BCUT2D eigenvalue weighted by molar-refractivity contribution is 5.92. The summed E-state index contributed by atoms with van der Waals surface area (Å²) >= 11 is 0. The van der Waals surface area contributed by atoms with Gasteiger partial charge < -0.3 is 10.6 Å². The van der Waals surface area contributed by atoms with Crippen LogP contribution in [0.15, 0.2) is 66.9 Å². The van der Waals surface area contributed by atoms with E-state index < -0.39 is 0 Å². The van der Waals surface area contributed by atoms with Crippen LogP contribution in [0.25, 0.3) is 0 Å². The molecule has 0 aliphatic carbocycles. The molecule has 128 valence electrons. The van der Waals surface area contributed by atoms with Gasteiger partial charge in [-0.1, -0.05) is 35.9 Å². The molecule has 2 aromatic carbocycles. The number of nitrogens with zero attached hydrogens (tertiary/aromatic N) is 2. The number of carbonyl (C=O) groups excluding carboxylic acids is 1. The third kappa shape index (κ3) is 4.68. The van der Waals surface area contributed by atoms with Gasteiger partial charge in [-0.05, 0) is 42.8 Å². The van der Waals surface area contributed by atoms with E-state index in [9.17, 15) is 4.79 Å². The first-order valence-corrected chi connectivity index (χ1v) is 8.21. The highest BCUT2D eigenvalue weighted by Crippen LogP contribution is 2.17. The zero-order valence-corrected chi connectivity index (χ0v) is 14.4. The highest BCUT2D eigenvalue weighted by atomic mass is 16.1. The van der Waals surface area contributed by atoms with Crippen molar-refractivity contribution >= 4 is 23.1 Å². The molecular weight excluding hydrogens is 324 g/mol. The first-order chi connectivity index (χ1) is 12.6. The van der Waals surface area contributed by atoms with Crippen LogP contribution in [-0.2, 0) is 11.2 Å². The molecule has 26 heavy (non-hydrogen) atoms. The zero-order valence-electron chi connectivity index (χ0n) is 14.4. The molecule has 0 spiro atoms. The van der Waals surface area contributed by atoms with Crippen molar-refractivity contribution < 1.29 is 4.79 Å². The minimum atomic E-state index is -0.0851. The predicted molar refractivity (Wildman–Crippen MR) is 102 cm³/mol. The van der Waals surface area contributed by atoms with Crippen molar-refractivity contribution in [3.05, 3.63) is 83.6 Å². The fourth-order valence-corrected chi connectivity index (χ4v) is 2.45. The van der Waals surface area contributed by atoms with Crippen molar-refractivity contribution in [3.8, 4) is 6.07 Å². The standard InChI is InChI=1S/C21H18N4O/c1-15-5-7-16(8-6-15)12-21(26)25-19-9-10-20(23-14-19)24-18-4-2-3-17(11-18)13-22/h2-11,14H,12H2,1H3,(H,23,24)(H,25,26). The maximum Gasteiger partial charge on any atom is 0.228 e. The van der Waals surface area contributed by atoms with Gasteiger partial charge in [0.05, 0.1) is 29.9 Å². The third-order valence-electron chi connectivity index (χ3n) is 3.80. The van der Waals surface area contributed by atoms with Crippen LogP contribution in [0.4, 0.5) is 17.2 Å². The highest BCUT2D eigenvalue weighted by Gasteiger charge is 2.05. The van der Waals surface area contributed by atoms with E-state index in [0.29, 0.717) is 23.5 Å². The largest absolute Gasteiger partial charge is 0.340 e. The quantitative estimate of drug-likeness (QED) is 0.729. The molecule has 0 fully saturated rings. The topological polar surface area (TPSA) is 77.8 Å². The first-order valence-electron chi connectivity index (χ1n) is 8.21. The van der Waals surface area contributed by atoms with Crippen molar-refractivity contribution in [2.45, 2.75) is 13.3 Å². The molecule has 5 nitrogen and oxygen atoms in total. The average Bonchev–Trinajstić information content (AvgIpc) is 2.65. The van der Waals surface area contributed by atoms with Crippen molar-refractivity contribution in [1.82, 2.24) is 4.98 Å². The molecule has 3 aromatic rings. The summed E-state index contributed by atoms with van der Waals surface area (Å²) in [5, 5.41) is 14.9. The summed E-state index contributed by atoms with van der Waals surface area (Å²) in [6, 6.07) is 20.7. The van der Waals surface area contributed by atoms with Gasteiger partial charge in [-0.25, -0.2) is 4.98 Å². The summed E-state index contributed by atoms with van der Waals surface area (Å²) < 4.78 is 0. The van der Waals surface area contributed by atoms with Crippen molar-refractivity contribution in [3.63, 3.8) is 0 Å². The molecule has 0 unspecified atom stereocenters. The van der Waals surface area contributed by atoms with E-state index in [4.69, 9.17) is 5.26 Å². The molecule has 0 saturated heterocycles. The van der Waals surface area contributed by atoms with Crippen LogP contribution < -0.4 is 10.6 Å². The lowest BCUT2D eigenvalue weighted by Gasteiger charge is -2.08. The normalized spacial score (nSPS) is 10.0. The number of anilines is 3. The van der Waals surface area contributed by atoms with Gasteiger partial charge >= 0.3 is 0 Å². The molecule has 1 heterocycles. The third-order valence-corrected chi connectivity index (χ3v) is 3.80. The van der Waals surface area contributed by atoms with Crippen LogP contribution >= 0.6 is 0 Å². The summed E-state index contributed by atoms with van der Waals surface area (Å²) in [6.45, 7) is 2.02. The number of aryl methyl sites for hydroxylation is 1. The number of aromatic nitrogens is 1. The molecule has 0 aliphatic rings. The van der Waals surface area contributed by atoms with Gasteiger partial charge in [0.25, 0.3) is 0 Å². The number of hydrogen-bond donors (Lipinski definition) is 2. The van der Waals surface area contributed by atoms with Gasteiger partial charge in [0.1, 0.15) is 5.82 Å². The Balaban J connectivity index is 1.59. The van der Waals surface area contributed by atoms with Crippen molar-refractivity contribution in [1.29, 1.82) is 5.26 Å². The summed E-state index contributed by atoms with van der Waals surface area (Å²) in [4.78, 5) is 16.4. The van der Waals surface area contributed by atoms with E-state index in [2.05, 4.69) is 21.7 Å². The van der Waals surface area contributed by atoms with Crippen LogP contribution in [-0.4, -0.2) is 10.9 Å². The molecule has 1 aromatic heterocycles. The molecule has 3 rings (SSSR count). The minimum Gasteiger partial charge on any atom is -0.340 e. The van der Waals surface area contributed by atoms with Gasteiger partial charge in [-0.3, -0.25) is 4.79 Å². The number of carbonyl (C=O) groups is 1. The first kappa shape index (κ1) is 17.2. The SMILES string of the molecule is Cc1ccc(CC(=O)Nc2ccc(Nc3cccc(C#N)c3)nc2)cc1. The van der Waals surface area contributed by atoms with E-state index >= 15 is 0 Å². The number of benzene rings is 2. The van der Waals surface area contributed by atoms with Gasteiger partial charge in [-0.15, -0.1) is 0 Å². The number of nitrogens with one attached hydrogen (secondary N) is 2. The number of rotatable bonds is 5. The monoisotopic (exact) mass is 342 g/mol. The smallest absolute Gasteiger partial charge is 0.228 e. The maximum absolute atomic E-state index is 12.1. The molecule has 5 heteroatoms. The van der Waals surface area contributed by atoms with Gasteiger partial charge in [-0.2, -0.15) is 5.26 Å². The number of nitriles is 1. The van der Waals surface area contributed by atoms with Gasteiger partial charge in [0.2, 0.25) is 5.91 Å². The second-order valence-electron chi connectivity index (χ2n) is 5.96. The number of hydrogen-bond acceptors (Lipinski definition) is 4. The molecule has 0 radical (unpaired) electrons. The minimum absolute atomic E-state index is 0.0851. The molecule has 2 N–H and O–H groups in total. The molecule has 0 aliphatic heterocycles. The van der Waals surface area contributed by atoms with Crippen molar-refractivity contribution in [2.24, 2.45) is 0 Å². The second kappa shape index (κ2) is 7.95. The van der Waals surface area contributed by atoms with E-state index in [1.54, 1.807) is 36.5 Å². The van der Waals surface area contributed by atoms with Crippen molar-refractivity contribution in [2.75, 3.05) is 10.6 Å². The van der Waals surface area contributed by atoms with Crippen LogP contribution in [0.2, 0.25) is 0 Å². The van der Waals surface area contributed by atoms with Gasteiger partial charge in [0, 0.05) is 5.69 Å². The lowest BCUT2D eigenvalue weighted by Crippen LogP contribution is -2.14. The summed E-state index contributed by atoms with van der Waals surface area (Å²) in [7, 11) is 0. The molecule has 0 bridgehead atoms. The van der Waals surface area contributed by atoms with Gasteiger partial charge in [0.15, 0.2) is 0 Å². The maximum atomic E-state index is 12.1. The molecular formula is C21H18N4O. The average molecular weight is 342 g/mol. The fraction of sp³-hybridized carbons (Fsp3) is 0.0952. The lowest BCUT2D eigenvalue weighted by atomic mass is 10.1. The Morgan fingerprint density at radius 2 is 1.88 bits per heavy atom. The molecule has 0 saturated carbocycles. The molecule has 0 atom stereocenters. The van der Waals surface area contributed by atoms with E-state index in [-0.39, 0.29) is 5.91 Å². The Labute approximate surface area is 152 Å². The Kier molecular flexibility index (Phi) is 5.25. The second-order valence-corrected chi connectivity index (χ2v) is 5.96. The summed E-state index contributed by atoms with van der Waals surface area (Å²) in [5.74, 6) is 0.551. The van der Waals surface area contributed by atoms with Crippen LogP contribution in [0, 0.1) is 18.3 Å². The van der Waals surface area contributed by atoms with E-state index in [1.165, 1.54) is 5.56 Å². The predicted octanol–water partition coefficient (Wildman–Crippen LogP) is 4.19. The van der Waals surface area contributed by atoms with E-state index in [0.717, 1.165) is 11.3 Å². The summed E-state index contributed by atoms with van der Waals surface area (Å²) in [6.07, 6.45) is 1.92. The number of pyridine rings is 1. The Bertz CT molecular complexity index is 941.